The molecule has 0 radical (unpaired) electrons. The highest BCUT2D eigenvalue weighted by Gasteiger charge is 2.22. The van der Waals surface area contributed by atoms with E-state index >= 15 is 0 Å². The van der Waals surface area contributed by atoms with E-state index in [0.717, 1.165) is 0 Å². The van der Waals surface area contributed by atoms with E-state index in [0.29, 0.717) is 0 Å². The van der Waals surface area contributed by atoms with E-state index < -0.39 is 37.6 Å². The zero-order chi connectivity index (χ0) is 9.72. The molecule has 0 saturated carbocycles. The molecular formula is C6H12O5. The van der Waals surface area contributed by atoms with Gasteiger partial charge in [0.05, 0.1) is 14.6 Å². The van der Waals surface area contributed by atoms with Crippen molar-refractivity contribution in [1.82, 2.24) is 0 Å². The van der Waals surface area contributed by atoms with Gasteiger partial charge in [0, 0.05) is 6.42 Å². The van der Waals surface area contributed by atoms with Crippen molar-refractivity contribution in [1.29, 1.82) is 0 Å². The molecule has 0 aromatic heterocycles. The molecule has 5 heteroatoms. The lowest BCUT2D eigenvalue weighted by atomic mass is 10.1. The standard InChI is InChI=1S/C6H12O5/c7-2-1-4(9)6(11)5(10)3-8/h5-8,10-11H,1-3H2/t5-,6+/m1/s1/i2D/t2?,5-,6+. The van der Waals surface area contributed by atoms with Crippen molar-refractivity contribution in [3.8, 4) is 0 Å². The minimum Gasteiger partial charge on any atom is -0.396 e. The molecule has 0 aliphatic carbocycles. The summed E-state index contributed by atoms with van der Waals surface area (Å²) in [6, 6.07) is 0. The van der Waals surface area contributed by atoms with Gasteiger partial charge in [-0.05, 0) is 0 Å². The van der Waals surface area contributed by atoms with Gasteiger partial charge in [-0.15, -0.1) is 0 Å². The second kappa shape index (κ2) is 5.20. The predicted molar refractivity (Wildman–Crippen MR) is 35.8 cm³/mol. The molecule has 66 valence electrons. The molecule has 0 fully saturated rings. The number of hydrogen-bond acceptors (Lipinski definition) is 5. The molecule has 5 nitrogen and oxygen atoms in total. The summed E-state index contributed by atoms with van der Waals surface area (Å²) < 4.78 is 6.58. The lowest BCUT2D eigenvalue weighted by Gasteiger charge is -2.12. The number of aliphatic hydroxyl groups is 4. The van der Waals surface area contributed by atoms with E-state index in [1.165, 1.54) is 0 Å². The first-order valence-corrected chi connectivity index (χ1v) is 3.09. The molecule has 1 unspecified atom stereocenters. The molecule has 0 rings (SSSR count). The molecule has 0 spiro atoms. The molecule has 0 saturated heterocycles. The summed E-state index contributed by atoms with van der Waals surface area (Å²) in [5, 5.41) is 34.4. The van der Waals surface area contributed by atoms with Crippen molar-refractivity contribution < 1.29 is 26.6 Å². The molecule has 4 N–H and O–H groups in total. The molecule has 0 bridgehead atoms. The van der Waals surface area contributed by atoms with Crippen LogP contribution in [0.5, 0.6) is 0 Å². The smallest absolute Gasteiger partial charge is 0.166 e. The van der Waals surface area contributed by atoms with Crippen LogP contribution in [0.4, 0.5) is 0 Å². The number of carbonyl (C=O) groups is 1. The molecule has 0 aromatic rings. The Hall–Kier alpha value is -0.490. The average Bonchev–Trinajstić information content (AvgIpc) is 2.00. The molecule has 3 atom stereocenters. The van der Waals surface area contributed by atoms with Gasteiger partial charge in [0.2, 0.25) is 0 Å². The summed E-state index contributed by atoms with van der Waals surface area (Å²) in [7, 11) is 0. The van der Waals surface area contributed by atoms with Gasteiger partial charge in [-0.1, -0.05) is 0 Å². The third kappa shape index (κ3) is 3.43. The van der Waals surface area contributed by atoms with Crippen molar-refractivity contribution in [3.63, 3.8) is 0 Å². The van der Waals surface area contributed by atoms with E-state index in [1.807, 2.05) is 0 Å². The van der Waals surface area contributed by atoms with Crippen LogP contribution in [0, 0.1) is 0 Å². The number of carbonyl (C=O) groups excluding carboxylic acids is 1. The maximum Gasteiger partial charge on any atom is 0.166 e. The minimum absolute atomic E-state index is 0.557. The van der Waals surface area contributed by atoms with Gasteiger partial charge in [-0.25, -0.2) is 0 Å². The first kappa shape index (κ1) is 8.61. The SMILES string of the molecule is [2H]C(O)CC(=O)[C@H](O)[C@H](O)CO. The molecule has 0 aromatic carbocycles. The summed E-state index contributed by atoms with van der Waals surface area (Å²) in [4.78, 5) is 10.8. The maximum atomic E-state index is 10.8. The molecule has 0 aliphatic heterocycles. The van der Waals surface area contributed by atoms with E-state index in [4.69, 9.17) is 21.8 Å². The fourth-order valence-electron chi connectivity index (χ4n) is 0.525. The minimum atomic E-state index is -1.73. The van der Waals surface area contributed by atoms with Crippen LogP contribution in [0.15, 0.2) is 0 Å². The largest absolute Gasteiger partial charge is 0.396 e. The summed E-state index contributed by atoms with van der Waals surface area (Å²) in [5.41, 5.74) is 0. The fourth-order valence-corrected chi connectivity index (χ4v) is 0.525. The van der Waals surface area contributed by atoms with Gasteiger partial charge >= 0.3 is 0 Å². The predicted octanol–water partition coefficient (Wildman–Crippen LogP) is -2.35. The van der Waals surface area contributed by atoms with Gasteiger partial charge in [0.25, 0.3) is 0 Å². The van der Waals surface area contributed by atoms with Crippen LogP contribution in [0.1, 0.15) is 7.79 Å². The third-order valence-electron chi connectivity index (χ3n) is 1.17. The van der Waals surface area contributed by atoms with Crippen LogP contribution in [0.3, 0.4) is 0 Å². The topological polar surface area (TPSA) is 98.0 Å². The lowest BCUT2D eigenvalue weighted by Crippen LogP contribution is -2.36. The van der Waals surface area contributed by atoms with Gasteiger partial charge in [-0.2, -0.15) is 0 Å². The zero-order valence-electron chi connectivity index (χ0n) is 6.84. The number of rotatable bonds is 5. The third-order valence-corrected chi connectivity index (χ3v) is 1.17. The van der Waals surface area contributed by atoms with Crippen molar-refractivity contribution >= 4 is 5.78 Å². The Bertz CT molecular complexity index is 149. The van der Waals surface area contributed by atoms with Crippen molar-refractivity contribution in [2.75, 3.05) is 13.2 Å². The highest BCUT2D eigenvalue weighted by molar-refractivity contribution is 5.83. The van der Waals surface area contributed by atoms with Crippen molar-refractivity contribution in [2.45, 2.75) is 18.6 Å². The molecule has 0 heterocycles. The first-order chi connectivity index (χ1) is 5.49. The Morgan fingerprint density at radius 1 is 1.45 bits per heavy atom. The number of Topliss-reactive ketones (excluding diaryl/α,β-unsaturated/α-hetero) is 1. The first-order valence-electron chi connectivity index (χ1n) is 3.66. The Morgan fingerprint density at radius 3 is 2.36 bits per heavy atom. The van der Waals surface area contributed by atoms with Gasteiger partial charge in [0.1, 0.15) is 12.2 Å². The zero-order valence-corrected chi connectivity index (χ0v) is 5.84. The van der Waals surface area contributed by atoms with Crippen LogP contribution >= 0.6 is 0 Å². The van der Waals surface area contributed by atoms with Gasteiger partial charge in [0.15, 0.2) is 5.78 Å². The van der Waals surface area contributed by atoms with Gasteiger partial charge < -0.3 is 20.4 Å². The number of ketones is 1. The van der Waals surface area contributed by atoms with Crippen molar-refractivity contribution in [2.24, 2.45) is 0 Å². The lowest BCUT2D eigenvalue weighted by molar-refractivity contribution is -0.135. The van der Waals surface area contributed by atoms with Crippen LogP contribution in [-0.2, 0) is 4.79 Å². The number of aliphatic hydroxyl groups excluding tert-OH is 4. The second-order valence-corrected chi connectivity index (χ2v) is 2.05. The van der Waals surface area contributed by atoms with Crippen LogP contribution in [-0.4, -0.2) is 51.6 Å². The van der Waals surface area contributed by atoms with Gasteiger partial charge in [-0.3, -0.25) is 4.79 Å². The van der Waals surface area contributed by atoms with E-state index in [-0.39, 0.29) is 0 Å². The summed E-state index contributed by atoms with van der Waals surface area (Å²) >= 11 is 0. The fraction of sp³-hybridized carbons (Fsp3) is 0.833. The summed E-state index contributed by atoms with van der Waals surface area (Å²) in [6.07, 6.45) is -3.83. The van der Waals surface area contributed by atoms with E-state index in [9.17, 15) is 4.79 Å². The van der Waals surface area contributed by atoms with Crippen molar-refractivity contribution in [3.05, 3.63) is 0 Å². The summed E-state index contributed by atoms with van der Waals surface area (Å²) in [6.45, 7) is -2.33. The quantitative estimate of drug-likeness (QED) is 0.365. The maximum absolute atomic E-state index is 10.8. The molecule has 0 amide bonds. The second-order valence-electron chi connectivity index (χ2n) is 2.05. The van der Waals surface area contributed by atoms with Crippen LogP contribution in [0.2, 0.25) is 0 Å². The highest BCUT2D eigenvalue weighted by Crippen LogP contribution is 1.96. The molecular weight excluding hydrogens is 152 g/mol. The number of hydrogen-bond donors (Lipinski definition) is 4. The Labute approximate surface area is 65.3 Å². The highest BCUT2D eigenvalue weighted by atomic mass is 16.4. The molecule has 0 aliphatic rings. The Morgan fingerprint density at radius 2 is 2.00 bits per heavy atom. The summed E-state index contributed by atoms with van der Waals surface area (Å²) in [5.74, 6) is -0.862. The average molecular weight is 165 g/mol. The van der Waals surface area contributed by atoms with E-state index in [1.54, 1.807) is 0 Å². The van der Waals surface area contributed by atoms with Crippen LogP contribution < -0.4 is 0 Å². The normalized spacial score (nSPS) is 20.2. The van der Waals surface area contributed by atoms with Crippen LogP contribution in [0.25, 0.3) is 0 Å². The Balaban J connectivity index is 3.92. The van der Waals surface area contributed by atoms with E-state index in [2.05, 4.69) is 0 Å². The molecule has 11 heavy (non-hydrogen) atoms. The Kier molecular flexibility index (Phi) is 4.07. The monoisotopic (exact) mass is 165 g/mol.